The lowest BCUT2D eigenvalue weighted by Gasteiger charge is -2.10. The molecule has 0 spiro atoms. The Balaban J connectivity index is 1.81. The number of anilines is 4. The maximum Gasteiger partial charge on any atom is 0.249 e. The Morgan fingerprint density at radius 2 is 1.79 bits per heavy atom. The number of aryl methyl sites for hydroxylation is 1. The zero-order chi connectivity index (χ0) is 17.1. The molecule has 0 fully saturated rings. The van der Waals surface area contributed by atoms with Crippen molar-refractivity contribution in [3.8, 4) is 0 Å². The highest BCUT2D eigenvalue weighted by Crippen LogP contribution is 2.26. The first kappa shape index (κ1) is 16.3. The number of hydrogen-bond donors (Lipinski definition) is 2. The monoisotopic (exact) mass is 391 g/mol. The minimum atomic E-state index is -0.738. The predicted molar refractivity (Wildman–Crippen MR) is 91.6 cm³/mol. The molecule has 2 aromatic carbocycles. The molecule has 0 atom stereocenters. The Morgan fingerprint density at radius 3 is 2.54 bits per heavy atom. The number of halogens is 3. The van der Waals surface area contributed by atoms with Gasteiger partial charge in [-0.3, -0.25) is 0 Å². The lowest BCUT2D eigenvalue weighted by Crippen LogP contribution is -2.04. The molecule has 3 aromatic rings. The molecule has 0 amide bonds. The van der Waals surface area contributed by atoms with E-state index in [9.17, 15) is 8.78 Å². The lowest BCUT2D eigenvalue weighted by molar-refractivity contribution is 0.586. The summed E-state index contributed by atoms with van der Waals surface area (Å²) in [7, 11) is 0. The number of aromatic nitrogens is 3. The molecule has 0 radical (unpaired) electrons. The van der Waals surface area contributed by atoms with Crippen LogP contribution in [0.1, 0.15) is 5.56 Å². The first-order chi connectivity index (χ1) is 11.5. The highest BCUT2D eigenvalue weighted by Gasteiger charge is 2.08. The smallest absolute Gasteiger partial charge is 0.249 e. The van der Waals surface area contributed by atoms with Crippen LogP contribution in [0.3, 0.4) is 0 Å². The molecule has 0 aliphatic carbocycles. The molecule has 0 saturated carbocycles. The summed E-state index contributed by atoms with van der Waals surface area (Å²) in [6.45, 7) is 1.99. The van der Waals surface area contributed by atoms with Crippen molar-refractivity contribution in [2.45, 2.75) is 6.92 Å². The van der Waals surface area contributed by atoms with E-state index in [1.807, 2.05) is 25.1 Å². The van der Waals surface area contributed by atoms with E-state index in [1.54, 1.807) is 0 Å². The third-order valence-corrected chi connectivity index (χ3v) is 3.78. The molecule has 24 heavy (non-hydrogen) atoms. The summed E-state index contributed by atoms with van der Waals surface area (Å²) in [5, 5.41) is 13.4. The van der Waals surface area contributed by atoms with Crippen molar-refractivity contribution >= 4 is 39.1 Å². The zero-order valence-corrected chi connectivity index (χ0v) is 14.1. The molecular formula is C16H12BrF2N5. The Morgan fingerprint density at radius 1 is 1.00 bits per heavy atom. The van der Waals surface area contributed by atoms with Crippen molar-refractivity contribution < 1.29 is 8.78 Å². The Bertz CT molecular complexity index is 819. The second-order valence-electron chi connectivity index (χ2n) is 5.02. The second-order valence-corrected chi connectivity index (χ2v) is 5.88. The van der Waals surface area contributed by atoms with E-state index in [0.29, 0.717) is 5.82 Å². The normalized spacial score (nSPS) is 10.5. The number of benzene rings is 2. The summed E-state index contributed by atoms with van der Waals surface area (Å²) < 4.78 is 27.5. The first-order valence-corrected chi connectivity index (χ1v) is 7.75. The van der Waals surface area contributed by atoms with Crippen LogP contribution in [-0.4, -0.2) is 15.2 Å². The van der Waals surface area contributed by atoms with Crippen LogP contribution in [0.15, 0.2) is 47.1 Å². The SMILES string of the molecule is Cc1ccc(Nc2cnnc(Nc3ccc(F)cc3F)n2)c(Br)c1. The van der Waals surface area contributed by atoms with Crippen LogP contribution in [-0.2, 0) is 0 Å². The molecule has 5 nitrogen and oxygen atoms in total. The lowest BCUT2D eigenvalue weighted by atomic mass is 10.2. The van der Waals surface area contributed by atoms with Crippen molar-refractivity contribution in [3.05, 3.63) is 64.3 Å². The minimum absolute atomic E-state index is 0.0619. The fourth-order valence-electron chi connectivity index (χ4n) is 1.99. The summed E-state index contributed by atoms with van der Waals surface area (Å²) >= 11 is 3.47. The van der Waals surface area contributed by atoms with Gasteiger partial charge in [-0.25, -0.2) is 8.78 Å². The summed E-state index contributed by atoms with van der Waals surface area (Å²) in [6.07, 6.45) is 1.44. The molecule has 0 bridgehead atoms. The van der Waals surface area contributed by atoms with Crippen molar-refractivity contribution in [2.24, 2.45) is 0 Å². The minimum Gasteiger partial charge on any atom is -0.338 e. The number of hydrogen-bond acceptors (Lipinski definition) is 5. The fourth-order valence-corrected chi connectivity index (χ4v) is 2.58. The van der Waals surface area contributed by atoms with Crippen molar-refractivity contribution in [1.82, 2.24) is 15.2 Å². The van der Waals surface area contributed by atoms with Crippen LogP contribution in [0.2, 0.25) is 0 Å². The second kappa shape index (κ2) is 6.88. The van der Waals surface area contributed by atoms with Crippen LogP contribution < -0.4 is 10.6 Å². The van der Waals surface area contributed by atoms with Crippen LogP contribution in [0.4, 0.5) is 31.9 Å². The van der Waals surface area contributed by atoms with Crippen LogP contribution in [0, 0.1) is 18.6 Å². The van der Waals surface area contributed by atoms with Gasteiger partial charge in [-0.15, -0.1) is 5.10 Å². The maximum atomic E-state index is 13.7. The van der Waals surface area contributed by atoms with Gasteiger partial charge < -0.3 is 10.6 Å². The van der Waals surface area contributed by atoms with E-state index >= 15 is 0 Å². The van der Waals surface area contributed by atoms with Gasteiger partial charge in [-0.05, 0) is 52.7 Å². The number of rotatable bonds is 4. The largest absolute Gasteiger partial charge is 0.338 e. The molecular weight excluding hydrogens is 380 g/mol. The van der Waals surface area contributed by atoms with Crippen molar-refractivity contribution in [3.63, 3.8) is 0 Å². The summed E-state index contributed by atoms with van der Waals surface area (Å²) in [5.41, 5.74) is 1.98. The summed E-state index contributed by atoms with van der Waals surface area (Å²) in [4.78, 5) is 4.21. The molecule has 0 aliphatic rings. The van der Waals surface area contributed by atoms with Gasteiger partial charge in [-0.2, -0.15) is 10.1 Å². The first-order valence-electron chi connectivity index (χ1n) is 6.96. The molecule has 122 valence electrons. The van der Waals surface area contributed by atoms with Gasteiger partial charge in [0.15, 0.2) is 5.82 Å². The summed E-state index contributed by atoms with van der Waals surface area (Å²) in [6, 6.07) is 9.00. The summed E-state index contributed by atoms with van der Waals surface area (Å²) in [5.74, 6) is -0.872. The van der Waals surface area contributed by atoms with Gasteiger partial charge in [0.2, 0.25) is 5.95 Å². The van der Waals surface area contributed by atoms with Gasteiger partial charge in [0.05, 0.1) is 17.6 Å². The molecule has 0 aliphatic heterocycles. The van der Waals surface area contributed by atoms with Crippen LogP contribution >= 0.6 is 15.9 Å². The zero-order valence-electron chi connectivity index (χ0n) is 12.5. The van der Waals surface area contributed by atoms with E-state index in [4.69, 9.17) is 0 Å². The van der Waals surface area contributed by atoms with E-state index < -0.39 is 11.6 Å². The molecule has 3 rings (SSSR count). The fraction of sp³-hybridized carbons (Fsp3) is 0.0625. The van der Waals surface area contributed by atoms with Gasteiger partial charge in [0.25, 0.3) is 0 Å². The Hall–Kier alpha value is -2.61. The molecule has 1 heterocycles. The van der Waals surface area contributed by atoms with Crippen LogP contribution in [0.5, 0.6) is 0 Å². The molecule has 8 heteroatoms. The van der Waals surface area contributed by atoms with Gasteiger partial charge in [0.1, 0.15) is 11.6 Å². The number of nitrogens with zero attached hydrogens (tertiary/aromatic N) is 3. The molecule has 2 N–H and O–H groups in total. The van der Waals surface area contributed by atoms with Crippen molar-refractivity contribution in [1.29, 1.82) is 0 Å². The van der Waals surface area contributed by atoms with Gasteiger partial charge in [0, 0.05) is 10.5 Å². The average Bonchev–Trinajstić information content (AvgIpc) is 2.53. The number of nitrogens with one attached hydrogen (secondary N) is 2. The van der Waals surface area contributed by atoms with E-state index in [1.165, 1.54) is 12.3 Å². The standard InChI is InChI=1S/C16H12BrF2N5/c1-9-2-4-13(11(17)6-9)21-15-8-20-24-16(23-15)22-14-5-3-10(18)7-12(14)19/h2-8H,1H3,(H2,21,22,23,24). The topological polar surface area (TPSA) is 62.7 Å². The van der Waals surface area contributed by atoms with Crippen molar-refractivity contribution in [2.75, 3.05) is 10.6 Å². The quantitative estimate of drug-likeness (QED) is 0.674. The third-order valence-electron chi connectivity index (χ3n) is 3.12. The van der Waals surface area contributed by atoms with E-state index in [-0.39, 0.29) is 11.6 Å². The Labute approximate surface area is 145 Å². The maximum absolute atomic E-state index is 13.7. The predicted octanol–water partition coefficient (Wildman–Crippen LogP) is 4.71. The average molecular weight is 392 g/mol. The Kier molecular flexibility index (Phi) is 4.66. The highest BCUT2D eigenvalue weighted by atomic mass is 79.9. The molecule has 1 aromatic heterocycles. The van der Waals surface area contributed by atoms with E-state index in [0.717, 1.165) is 27.9 Å². The van der Waals surface area contributed by atoms with Gasteiger partial charge >= 0.3 is 0 Å². The van der Waals surface area contributed by atoms with Crippen LogP contribution in [0.25, 0.3) is 0 Å². The highest BCUT2D eigenvalue weighted by molar-refractivity contribution is 9.10. The van der Waals surface area contributed by atoms with Gasteiger partial charge in [-0.1, -0.05) is 6.07 Å². The third kappa shape index (κ3) is 3.83. The van der Waals surface area contributed by atoms with E-state index in [2.05, 4.69) is 41.7 Å². The molecule has 0 saturated heterocycles. The molecule has 0 unspecified atom stereocenters.